The molecule has 3 aromatic carbocycles. The molecule has 0 aromatic heterocycles. The van der Waals surface area contributed by atoms with Crippen molar-refractivity contribution in [1.29, 1.82) is 0 Å². The fraction of sp³-hybridized carbons (Fsp3) is 0.167. The molecule has 0 amide bonds. The summed E-state index contributed by atoms with van der Waals surface area (Å²) in [6.45, 7) is 2.29. The molecule has 0 nitrogen and oxygen atoms in total. The molecule has 0 heterocycles. The molecule has 0 aliphatic heterocycles. The number of hydrogen-bond acceptors (Lipinski definition) is 0. The summed E-state index contributed by atoms with van der Waals surface area (Å²) in [7, 11) is -0.379. The van der Waals surface area contributed by atoms with E-state index in [2.05, 4.69) is 97.9 Å². The van der Waals surface area contributed by atoms with Crippen LogP contribution in [-0.2, 0) is 0 Å². The summed E-state index contributed by atoms with van der Waals surface area (Å²) in [6, 6.07) is 31.0. The summed E-state index contributed by atoms with van der Waals surface area (Å²) in [5.41, 5.74) is 4.51. The first-order valence-electron chi connectivity index (χ1n) is 9.04. The van der Waals surface area contributed by atoms with Crippen molar-refractivity contribution in [3.63, 3.8) is 0 Å². The SMILES string of the molecule is CCC1C=C(CP(c2ccccc2)c2ccccc2)c2ccccc21. The molecule has 25 heavy (non-hydrogen) atoms. The first-order chi connectivity index (χ1) is 12.4. The van der Waals surface area contributed by atoms with Crippen molar-refractivity contribution >= 4 is 24.1 Å². The van der Waals surface area contributed by atoms with Crippen molar-refractivity contribution in [3.8, 4) is 0 Å². The van der Waals surface area contributed by atoms with E-state index in [1.165, 1.54) is 33.7 Å². The van der Waals surface area contributed by atoms with E-state index in [9.17, 15) is 0 Å². The van der Waals surface area contributed by atoms with Gasteiger partial charge in [0.1, 0.15) is 0 Å². The van der Waals surface area contributed by atoms with Gasteiger partial charge in [-0.1, -0.05) is 97.9 Å². The second-order valence-electron chi connectivity index (χ2n) is 6.55. The maximum atomic E-state index is 2.52. The van der Waals surface area contributed by atoms with Gasteiger partial charge in [-0.15, -0.1) is 0 Å². The molecule has 0 N–H and O–H groups in total. The molecule has 0 saturated heterocycles. The van der Waals surface area contributed by atoms with Crippen molar-refractivity contribution < 1.29 is 0 Å². The third kappa shape index (κ3) is 3.32. The zero-order valence-electron chi connectivity index (χ0n) is 14.6. The van der Waals surface area contributed by atoms with Crippen molar-refractivity contribution in [1.82, 2.24) is 0 Å². The quantitative estimate of drug-likeness (QED) is 0.521. The summed E-state index contributed by atoms with van der Waals surface area (Å²) in [6.07, 6.45) is 4.82. The number of fused-ring (bicyclic) bond motifs is 1. The highest BCUT2D eigenvalue weighted by molar-refractivity contribution is 7.73. The molecule has 1 atom stereocenters. The average molecular weight is 342 g/mol. The first-order valence-corrected chi connectivity index (χ1v) is 10.6. The van der Waals surface area contributed by atoms with Crippen molar-refractivity contribution in [2.24, 2.45) is 0 Å². The fourth-order valence-electron chi connectivity index (χ4n) is 3.73. The van der Waals surface area contributed by atoms with Crippen LogP contribution in [0.5, 0.6) is 0 Å². The molecule has 1 heteroatoms. The Balaban J connectivity index is 1.73. The van der Waals surface area contributed by atoms with E-state index in [0.717, 1.165) is 6.16 Å². The van der Waals surface area contributed by atoms with Gasteiger partial charge in [-0.25, -0.2) is 0 Å². The molecule has 1 aliphatic carbocycles. The predicted molar refractivity (Wildman–Crippen MR) is 111 cm³/mol. The smallest absolute Gasteiger partial charge is 0.00275 e. The largest absolute Gasteiger partial charge is 0.0728 e. The van der Waals surface area contributed by atoms with Crippen LogP contribution in [0.25, 0.3) is 5.57 Å². The summed E-state index contributed by atoms with van der Waals surface area (Å²) < 4.78 is 0. The molecule has 0 saturated carbocycles. The van der Waals surface area contributed by atoms with Gasteiger partial charge in [0.2, 0.25) is 0 Å². The second kappa shape index (κ2) is 7.38. The highest BCUT2D eigenvalue weighted by atomic mass is 31.1. The molecule has 1 unspecified atom stereocenters. The Morgan fingerprint density at radius 1 is 0.720 bits per heavy atom. The Kier molecular flexibility index (Phi) is 4.81. The molecule has 0 radical (unpaired) electrons. The number of rotatable bonds is 5. The summed E-state index contributed by atoms with van der Waals surface area (Å²) in [4.78, 5) is 0. The zero-order valence-corrected chi connectivity index (χ0v) is 15.5. The van der Waals surface area contributed by atoms with Gasteiger partial charge < -0.3 is 0 Å². The van der Waals surface area contributed by atoms with Crippen LogP contribution in [0.15, 0.2) is 91.0 Å². The minimum absolute atomic E-state index is 0.379. The van der Waals surface area contributed by atoms with E-state index in [4.69, 9.17) is 0 Å². The summed E-state index contributed by atoms with van der Waals surface area (Å²) >= 11 is 0. The Bertz CT molecular complexity index is 825. The Hall–Kier alpha value is -2.17. The van der Waals surface area contributed by atoms with Gasteiger partial charge >= 0.3 is 0 Å². The van der Waals surface area contributed by atoms with E-state index < -0.39 is 0 Å². The van der Waals surface area contributed by atoms with Gasteiger partial charge in [0.05, 0.1) is 0 Å². The monoisotopic (exact) mass is 342 g/mol. The van der Waals surface area contributed by atoms with Gasteiger partial charge in [-0.2, -0.15) is 0 Å². The maximum absolute atomic E-state index is 2.52. The molecular weight excluding hydrogens is 319 g/mol. The number of allylic oxidation sites excluding steroid dienone is 2. The van der Waals surface area contributed by atoms with Crippen LogP contribution < -0.4 is 10.6 Å². The van der Waals surface area contributed by atoms with Gasteiger partial charge in [-0.3, -0.25) is 0 Å². The normalized spacial score (nSPS) is 15.9. The van der Waals surface area contributed by atoms with E-state index in [0.29, 0.717) is 5.92 Å². The summed E-state index contributed by atoms with van der Waals surface area (Å²) in [5, 5.41) is 2.92. The Morgan fingerprint density at radius 3 is 1.88 bits per heavy atom. The van der Waals surface area contributed by atoms with Gasteiger partial charge in [-0.05, 0) is 41.7 Å². The van der Waals surface area contributed by atoms with Crippen molar-refractivity contribution in [2.45, 2.75) is 19.3 Å². The van der Waals surface area contributed by atoms with Gasteiger partial charge in [0, 0.05) is 12.1 Å². The van der Waals surface area contributed by atoms with Crippen molar-refractivity contribution in [3.05, 3.63) is 102 Å². The maximum Gasteiger partial charge on any atom is 0.00275 e. The Labute approximate surface area is 152 Å². The standard InChI is InChI=1S/C24H23P/c1-2-19-17-20(24-16-10-9-15-23(19)24)18-25(21-11-5-3-6-12-21)22-13-7-4-8-14-22/h3-17,19H,2,18H2,1H3. The third-order valence-corrected chi connectivity index (χ3v) is 7.51. The highest BCUT2D eigenvalue weighted by Gasteiger charge is 2.24. The molecule has 0 spiro atoms. The lowest BCUT2D eigenvalue weighted by atomic mass is 9.98. The first kappa shape index (κ1) is 16.3. The topological polar surface area (TPSA) is 0 Å². The average Bonchev–Trinajstić information content (AvgIpc) is 3.05. The van der Waals surface area contributed by atoms with Gasteiger partial charge in [0.25, 0.3) is 0 Å². The van der Waals surface area contributed by atoms with Crippen LogP contribution in [0.3, 0.4) is 0 Å². The Morgan fingerprint density at radius 2 is 1.28 bits per heavy atom. The van der Waals surface area contributed by atoms with Crippen LogP contribution in [0, 0.1) is 0 Å². The number of benzene rings is 3. The van der Waals surface area contributed by atoms with Crippen LogP contribution in [0.1, 0.15) is 30.4 Å². The zero-order chi connectivity index (χ0) is 17.1. The second-order valence-corrected chi connectivity index (χ2v) is 8.76. The highest BCUT2D eigenvalue weighted by Crippen LogP contribution is 2.45. The van der Waals surface area contributed by atoms with Crippen LogP contribution in [0.2, 0.25) is 0 Å². The van der Waals surface area contributed by atoms with E-state index in [-0.39, 0.29) is 7.92 Å². The lowest BCUT2D eigenvalue weighted by Gasteiger charge is -2.20. The molecule has 0 bridgehead atoms. The lowest BCUT2D eigenvalue weighted by Crippen LogP contribution is -2.14. The third-order valence-electron chi connectivity index (χ3n) is 5.01. The predicted octanol–water partition coefficient (Wildman–Crippen LogP) is 5.71. The summed E-state index contributed by atoms with van der Waals surface area (Å²) in [5.74, 6) is 0.578. The minimum atomic E-state index is -0.379. The minimum Gasteiger partial charge on any atom is -0.0728 e. The lowest BCUT2D eigenvalue weighted by molar-refractivity contribution is 0.818. The number of hydrogen-bond donors (Lipinski definition) is 0. The van der Waals surface area contributed by atoms with Gasteiger partial charge in [0.15, 0.2) is 0 Å². The van der Waals surface area contributed by atoms with Crippen molar-refractivity contribution in [2.75, 3.05) is 6.16 Å². The van der Waals surface area contributed by atoms with Crippen LogP contribution >= 0.6 is 7.92 Å². The molecule has 124 valence electrons. The van der Waals surface area contributed by atoms with E-state index >= 15 is 0 Å². The van der Waals surface area contributed by atoms with E-state index in [1.807, 2.05) is 0 Å². The molecule has 0 fully saturated rings. The van der Waals surface area contributed by atoms with E-state index in [1.54, 1.807) is 0 Å². The molecule has 4 rings (SSSR count). The molecule has 3 aromatic rings. The molecule has 1 aliphatic rings. The van der Waals surface area contributed by atoms with Crippen LogP contribution in [-0.4, -0.2) is 6.16 Å². The fourth-order valence-corrected chi connectivity index (χ4v) is 6.07. The molecular formula is C24H23P. The van der Waals surface area contributed by atoms with Crippen LogP contribution in [0.4, 0.5) is 0 Å².